The highest BCUT2D eigenvalue weighted by Crippen LogP contribution is 2.27. The molecule has 0 spiro atoms. The smallest absolute Gasteiger partial charge is 0.216 e. The Morgan fingerprint density at radius 3 is 2.61 bits per heavy atom. The second-order valence-electron chi connectivity index (χ2n) is 3.89. The van der Waals surface area contributed by atoms with Crippen molar-refractivity contribution in [2.75, 3.05) is 0 Å². The molecule has 2 rings (SSSR count). The Hall–Kier alpha value is -1.30. The van der Waals surface area contributed by atoms with Crippen LogP contribution in [0.15, 0.2) is 12.1 Å². The first-order chi connectivity index (χ1) is 8.47. The molecule has 0 fully saturated rings. The van der Waals surface area contributed by atoms with E-state index in [0.717, 1.165) is 18.4 Å². The van der Waals surface area contributed by atoms with Crippen molar-refractivity contribution in [1.29, 1.82) is 0 Å². The average molecular weight is 278 g/mol. The number of fused-ring (bicyclic) bond motifs is 1. The molecule has 0 saturated carbocycles. The van der Waals surface area contributed by atoms with Gasteiger partial charge in [0.05, 0.1) is 11.6 Å². The van der Waals surface area contributed by atoms with E-state index in [4.69, 9.17) is 11.6 Å². The van der Waals surface area contributed by atoms with Gasteiger partial charge in [0.1, 0.15) is 0 Å². The lowest BCUT2D eigenvalue weighted by molar-refractivity contribution is -0.144. The molecule has 0 saturated heterocycles. The maximum absolute atomic E-state index is 12.5. The van der Waals surface area contributed by atoms with Crippen LogP contribution in [-0.4, -0.2) is 14.6 Å². The Labute approximate surface area is 107 Å². The van der Waals surface area contributed by atoms with Crippen molar-refractivity contribution in [3.05, 3.63) is 29.2 Å². The zero-order valence-corrected chi connectivity index (χ0v) is 10.4. The van der Waals surface area contributed by atoms with Gasteiger partial charge in [-0.2, -0.15) is 13.2 Å². The monoisotopic (exact) mass is 277 g/mol. The topological polar surface area (TPSA) is 30.2 Å². The van der Waals surface area contributed by atoms with Gasteiger partial charge in [-0.3, -0.25) is 0 Å². The van der Waals surface area contributed by atoms with E-state index in [1.165, 1.54) is 10.6 Å². The van der Waals surface area contributed by atoms with Crippen molar-refractivity contribution in [1.82, 2.24) is 14.6 Å². The Morgan fingerprint density at radius 2 is 2.06 bits per heavy atom. The highest BCUT2D eigenvalue weighted by molar-refractivity contribution is 6.17. The standard InChI is InChI=1S/C11H11ClF3N3/c1-2-3-7-4-5-9-16-10(11(13,14)15)17-18(9)8(7)6-12/h4-5H,2-3,6H2,1H3. The Kier molecular flexibility index (Phi) is 3.47. The lowest BCUT2D eigenvalue weighted by Gasteiger charge is -2.07. The lowest BCUT2D eigenvalue weighted by Crippen LogP contribution is -2.08. The highest BCUT2D eigenvalue weighted by atomic mass is 35.5. The molecule has 0 radical (unpaired) electrons. The van der Waals surface area contributed by atoms with Crippen LogP contribution in [0.1, 0.15) is 30.4 Å². The molecule has 0 bridgehead atoms. The van der Waals surface area contributed by atoms with Gasteiger partial charge in [-0.25, -0.2) is 9.50 Å². The molecule has 7 heteroatoms. The van der Waals surface area contributed by atoms with Crippen LogP contribution >= 0.6 is 11.6 Å². The molecule has 0 aliphatic heterocycles. The number of hydrogen-bond acceptors (Lipinski definition) is 2. The van der Waals surface area contributed by atoms with Gasteiger partial charge in [0.25, 0.3) is 5.82 Å². The Morgan fingerprint density at radius 1 is 1.33 bits per heavy atom. The van der Waals surface area contributed by atoms with Crippen LogP contribution in [0.4, 0.5) is 13.2 Å². The largest absolute Gasteiger partial charge is 0.453 e. The van der Waals surface area contributed by atoms with E-state index < -0.39 is 12.0 Å². The van der Waals surface area contributed by atoms with E-state index in [1.807, 2.05) is 6.92 Å². The number of halogens is 4. The molecule has 2 aromatic heterocycles. The van der Waals surface area contributed by atoms with Crippen LogP contribution in [0.25, 0.3) is 5.65 Å². The van der Waals surface area contributed by atoms with E-state index in [9.17, 15) is 13.2 Å². The quantitative estimate of drug-likeness (QED) is 0.805. The molecule has 0 aliphatic rings. The summed E-state index contributed by atoms with van der Waals surface area (Å²) in [4.78, 5) is 3.46. The van der Waals surface area contributed by atoms with Crippen LogP contribution in [0, 0.1) is 0 Å². The van der Waals surface area contributed by atoms with Gasteiger partial charge in [0, 0.05) is 0 Å². The molecule has 0 unspecified atom stereocenters. The second-order valence-corrected chi connectivity index (χ2v) is 4.16. The van der Waals surface area contributed by atoms with E-state index in [2.05, 4.69) is 10.1 Å². The van der Waals surface area contributed by atoms with Gasteiger partial charge in [-0.05, 0) is 18.1 Å². The number of nitrogens with zero attached hydrogens (tertiary/aromatic N) is 3. The number of rotatable bonds is 3. The summed E-state index contributed by atoms with van der Waals surface area (Å²) in [5.74, 6) is -1.03. The predicted molar refractivity (Wildman–Crippen MR) is 61.5 cm³/mol. The SMILES string of the molecule is CCCc1ccc2nc(C(F)(F)F)nn2c1CCl. The van der Waals surface area contributed by atoms with E-state index in [1.54, 1.807) is 6.07 Å². The zero-order valence-electron chi connectivity index (χ0n) is 9.63. The van der Waals surface area contributed by atoms with Gasteiger partial charge >= 0.3 is 6.18 Å². The predicted octanol–water partition coefficient (Wildman–Crippen LogP) is 3.44. The van der Waals surface area contributed by atoms with Crippen molar-refractivity contribution in [3.8, 4) is 0 Å². The molecule has 0 aromatic carbocycles. The first-order valence-electron chi connectivity index (χ1n) is 5.48. The van der Waals surface area contributed by atoms with Crippen molar-refractivity contribution in [2.45, 2.75) is 31.8 Å². The average Bonchev–Trinajstić information content (AvgIpc) is 2.72. The molecule has 0 aliphatic carbocycles. The molecule has 2 heterocycles. The minimum absolute atomic E-state index is 0.104. The fourth-order valence-electron chi connectivity index (χ4n) is 1.80. The van der Waals surface area contributed by atoms with Crippen LogP contribution in [0.2, 0.25) is 0 Å². The Bertz CT molecular complexity index is 562. The van der Waals surface area contributed by atoms with Crippen molar-refractivity contribution < 1.29 is 13.2 Å². The first kappa shape index (κ1) is 13.1. The van der Waals surface area contributed by atoms with Gasteiger partial charge in [0.2, 0.25) is 0 Å². The fourth-order valence-corrected chi connectivity index (χ4v) is 2.08. The molecule has 3 nitrogen and oxygen atoms in total. The maximum Gasteiger partial charge on any atom is 0.453 e. The van der Waals surface area contributed by atoms with Gasteiger partial charge < -0.3 is 0 Å². The number of pyridine rings is 1. The van der Waals surface area contributed by atoms with Crippen molar-refractivity contribution in [3.63, 3.8) is 0 Å². The summed E-state index contributed by atoms with van der Waals surface area (Å²) < 4.78 is 38.8. The fraction of sp³-hybridized carbons (Fsp3) is 0.455. The van der Waals surface area contributed by atoms with E-state index in [0.29, 0.717) is 5.69 Å². The number of alkyl halides is 4. The first-order valence-corrected chi connectivity index (χ1v) is 6.01. The van der Waals surface area contributed by atoms with Gasteiger partial charge in [-0.15, -0.1) is 16.7 Å². The molecule has 18 heavy (non-hydrogen) atoms. The third-order valence-corrected chi connectivity index (χ3v) is 2.84. The molecular formula is C11H11ClF3N3. The Balaban J connectivity index is 2.62. The second kappa shape index (κ2) is 4.76. The van der Waals surface area contributed by atoms with Crippen LogP contribution < -0.4 is 0 Å². The summed E-state index contributed by atoms with van der Waals surface area (Å²) in [6.45, 7) is 1.99. The normalized spacial score (nSPS) is 12.3. The lowest BCUT2D eigenvalue weighted by atomic mass is 10.1. The summed E-state index contributed by atoms with van der Waals surface area (Å²) in [5.41, 5.74) is 1.63. The summed E-state index contributed by atoms with van der Waals surface area (Å²) in [5, 5.41) is 3.49. The number of hydrogen-bond donors (Lipinski definition) is 0. The molecule has 0 atom stereocenters. The molecule has 0 N–H and O–H groups in total. The molecule has 2 aromatic rings. The summed E-state index contributed by atoms with van der Waals surface area (Å²) in [6, 6.07) is 3.29. The third kappa shape index (κ3) is 2.29. The number of aromatic nitrogens is 3. The van der Waals surface area contributed by atoms with Crippen molar-refractivity contribution in [2.24, 2.45) is 0 Å². The van der Waals surface area contributed by atoms with Crippen LogP contribution in [0.3, 0.4) is 0 Å². The third-order valence-electron chi connectivity index (χ3n) is 2.59. The molecule has 98 valence electrons. The van der Waals surface area contributed by atoms with Crippen LogP contribution in [-0.2, 0) is 18.5 Å². The highest BCUT2D eigenvalue weighted by Gasteiger charge is 2.36. The maximum atomic E-state index is 12.5. The summed E-state index contributed by atoms with van der Waals surface area (Å²) >= 11 is 5.80. The van der Waals surface area contributed by atoms with E-state index in [-0.39, 0.29) is 11.5 Å². The number of aryl methyl sites for hydroxylation is 1. The van der Waals surface area contributed by atoms with Crippen LogP contribution in [0.5, 0.6) is 0 Å². The van der Waals surface area contributed by atoms with Crippen molar-refractivity contribution >= 4 is 17.2 Å². The minimum atomic E-state index is -4.54. The van der Waals surface area contributed by atoms with E-state index >= 15 is 0 Å². The molecular weight excluding hydrogens is 267 g/mol. The summed E-state index contributed by atoms with van der Waals surface area (Å²) in [6.07, 6.45) is -2.91. The van der Waals surface area contributed by atoms with Gasteiger partial charge in [-0.1, -0.05) is 19.4 Å². The summed E-state index contributed by atoms with van der Waals surface area (Å²) in [7, 11) is 0. The molecule has 0 amide bonds. The minimum Gasteiger partial charge on any atom is -0.216 e. The van der Waals surface area contributed by atoms with Gasteiger partial charge in [0.15, 0.2) is 5.65 Å². The zero-order chi connectivity index (χ0) is 13.3.